The van der Waals surface area contributed by atoms with Gasteiger partial charge in [0.05, 0.1) is 12.5 Å². The van der Waals surface area contributed by atoms with E-state index in [9.17, 15) is 14.3 Å². The maximum atomic E-state index is 13.5. The second kappa shape index (κ2) is 8.34. The minimum absolute atomic E-state index is 0.129. The van der Waals surface area contributed by atoms with Gasteiger partial charge in [-0.1, -0.05) is 13.0 Å². The zero-order valence-electron chi connectivity index (χ0n) is 13.8. The summed E-state index contributed by atoms with van der Waals surface area (Å²) >= 11 is 0. The number of hydrogen-bond acceptors (Lipinski definition) is 3. The molecular formula is C18H22FN3O2. The summed E-state index contributed by atoms with van der Waals surface area (Å²) in [5.41, 5.74) is 2.83. The second-order valence-corrected chi connectivity index (χ2v) is 5.76. The Labute approximate surface area is 141 Å². The van der Waals surface area contributed by atoms with Gasteiger partial charge < -0.3 is 10.0 Å². The summed E-state index contributed by atoms with van der Waals surface area (Å²) in [6, 6.07) is 7.57. The average Bonchev–Trinajstić information content (AvgIpc) is 2.77. The maximum absolute atomic E-state index is 13.5. The number of rotatable bonds is 5. The van der Waals surface area contributed by atoms with Crippen molar-refractivity contribution in [2.24, 2.45) is 0 Å². The van der Waals surface area contributed by atoms with Crippen LogP contribution < -0.4 is 4.90 Å². The molecule has 0 radical (unpaired) electrons. The van der Waals surface area contributed by atoms with Gasteiger partial charge in [0.25, 0.3) is 0 Å². The molecule has 5 nitrogen and oxygen atoms in total. The van der Waals surface area contributed by atoms with Crippen molar-refractivity contribution in [3.63, 3.8) is 0 Å². The fraction of sp³-hybridized carbons (Fsp3) is 0.444. The first-order chi connectivity index (χ1) is 11.5. The molecule has 1 N–H and O–H groups in total. The van der Waals surface area contributed by atoms with Crippen LogP contribution in [0, 0.1) is 11.3 Å². The molecule has 1 amide bonds. The molecule has 0 saturated heterocycles. The Morgan fingerprint density at radius 2 is 2.12 bits per heavy atom. The molecule has 0 saturated carbocycles. The topological polar surface area (TPSA) is 67.6 Å². The SMILES string of the molecule is CC/C(F)=C/N1CCc2ccc(N(CCC#N)C(=O)O)cc2CC1. The molecule has 0 aromatic heterocycles. The normalized spacial score (nSPS) is 14.5. The van der Waals surface area contributed by atoms with Gasteiger partial charge in [-0.3, -0.25) is 4.90 Å². The average molecular weight is 331 g/mol. The number of nitriles is 1. The van der Waals surface area contributed by atoms with Crippen LogP contribution in [0.25, 0.3) is 0 Å². The number of nitrogens with zero attached hydrogens (tertiary/aromatic N) is 3. The van der Waals surface area contributed by atoms with Gasteiger partial charge in [0.2, 0.25) is 0 Å². The van der Waals surface area contributed by atoms with Gasteiger partial charge in [0.1, 0.15) is 5.83 Å². The van der Waals surface area contributed by atoms with Gasteiger partial charge in [-0.25, -0.2) is 9.18 Å². The summed E-state index contributed by atoms with van der Waals surface area (Å²) in [6.07, 6.45) is 2.59. The van der Waals surface area contributed by atoms with Gasteiger partial charge >= 0.3 is 6.09 Å². The Morgan fingerprint density at radius 1 is 1.42 bits per heavy atom. The van der Waals surface area contributed by atoms with Crippen molar-refractivity contribution in [1.29, 1.82) is 5.26 Å². The van der Waals surface area contributed by atoms with Crippen LogP contribution in [0.2, 0.25) is 0 Å². The molecule has 1 aromatic carbocycles. The highest BCUT2D eigenvalue weighted by Gasteiger charge is 2.18. The van der Waals surface area contributed by atoms with Crippen LogP contribution in [0.3, 0.4) is 0 Å². The summed E-state index contributed by atoms with van der Waals surface area (Å²) < 4.78 is 13.5. The van der Waals surface area contributed by atoms with Gasteiger partial charge in [-0.15, -0.1) is 0 Å². The Hall–Kier alpha value is -2.55. The van der Waals surface area contributed by atoms with E-state index in [1.165, 1.54) is 4.90 Å². The van der Waals surface area contributed by atoms with Gasteiger partial charge in [0, 0.05) is 31.5 Å². The van der Waals surface area contributed by atoms with Gasteiger partial charge in [-0.05, 0) is 42.5 Å². The molecule has 0 fully saturated rings. The molecule has 0 aliphatic carbocycles. The maximum Gasteiger partial charge on any atom is 0.411 e. The molecule has 2 rings (SSSR count). The monoisotopic (exact) mass is 331 g/mol. The fourth-order valence-electron chi connectivity index (χ4n) is 2.81. The van der Waals surface area contributed by atoms with E-state index >= 15 is 0 Å². The van der Waals surface area contributed by atoms with Crippen LogP contribution in [0.15, 0.2) is 30.2 Å². The van der Waals surface area contributed by atoms with Gasteiger partial charge in [-0.2, -0.15) is 5.26 Å². The Kier molecular flexibility index (Phi) is 6.19. The van der Waals surface area contributed by atoms with Crippen LogP contribution in [-0.2, 0) is 12.8 Å². The quantitative estimate of drug-likeness (QED) is 0.893. The van der Waals surface area contributed by atoms with Crippen LogP contribution in [0.5, 0.6) is 0 Å². The molecule has 0 atom stereocenters. The highest BCUT2D eigenvalue weighted by atomic mass is 19.1. The third-order valence-corrected chi connectivity index (χ3v) is 4.18. The molecule has 1 aliphatic rings. The number of carboxylic acid groups (broad SMARTS) is 1. The highest BCUT2D eigenvalue weighted by Crippen LogP contribution is 2.24. The number of fused-ring (bicyclic) bond motifs is 1. The molecule has 0 unspecified atom stereocenters. The molecule has 1 aromatic rings. The van der Waals surface area contributed by atoms with E-state index in [2.05, 4.69) is 0 Å². The lowest BCUT2D eigenvalue weighted by Crippen LogP contribution is -2.30. The standard InChI is InChI=1S/C18H22FN3O2/c1-2-16(19)13-21-10-6-14-4-5-17(12-15(14)7-11-21)22(18(23)24)9-3-8-20/h4-5,12-13H,2-3,6-7,9-11H2,1H3,(H,23,24)/b16-13-. The number of benzene rings is 1. The van der Waals surface area contributed by atoms with E-state index in [0.29, 0.717) is 18.7 Å². The van der Waals surface area contributed by atoms with Crippen molar-refractivity contribution in [3.05, 3.63) is 41.4 Å². The number of allylic oxidation sites excluding steroid dienone is 1. The van der Waals surface area contributed by atoms with E-state index in [1.807, 2.05) is 23.1 Å². The lowest BCUT2D eigenvalue weighted by atomic mass is 10.0. The molecule has 0 spiro atoms. The van der Waals surface area contributed by atoms with Crippen molar-refractivity contribution in [3.8, 4) is 6.07 Å². The Bertz CT molecular complexity index is 667. The van der Waals surface area contributed by atoms with E-state index in [1.54, 1.807) is 19.2 Å². The lowest BCUT2D eigenvalue weighted by Gasteiger charge is -2.19. The number of carbonyl (C=O) groups is 1. The largest absolute Gasteiger partial charge is 0.465 e. The zero-order chi connectivity index (χ0) is 17.5. The predicted octanol–water partition coefficient (Wildman–Crippen LogP) is 3.71. The molecule has 6 heteroatoms. The first kappa shape index (κ1) is 17.8. The molecule has 1 heterocycles. The number of halogens is 1. The van der Waals surface area contributed by atoms with Crippen LogP contribution in [0.1, 0.15) is 30.9 Å². The van der Waals surface area contributed by atoms with Gasteiger partial charge in [0.15, 0.2) is 0 Å². The van der Waals surface area contributed by atoms with Crippen molar-refractivity contribution in [1.82, 2.24) is 4.90 Å². The fourth-order valence-corrected chi connectivity index (χ4v) is 2.81. The molecule has 0 bridgehead atoms. The van der Waals surface area contributed by atoms with Crippen molar-refractivity contribution >= 4 is 11.8 Å². The van der Waals surface area contributed by atoms with Crippen LogP contribution in [-0.4, -0.2) is 35.7 Å². The molecule has 128 valence electrons. The summed E-state index contributed by atoms with van der Waals surface area (Å²) in [6.45, 7) is 3.39. The van der Waals surface area contributed by atoms with E-state index < -0.39 is 6.09 Å². The summed E-state index contributed by atoms with van der Waals surface area (Å²) in [5, 5.41) is 18.0. The molecule has 1 aliphatic heterocycles. The lowest BCUT2D eigenvalue weighted by molar-refractivity contribution is 0.202. The summed E-state index contributed by atoms with van der Waals surface area (Å²) in [7, 11) is 0. The number of amides is 1. The summed E-state index contributed by atoms with van der Waals surface area (Å²) in [5.74, 6) is -0.129. The minimum Gasteiger partial charge on any atom is -0.465 e. The number of anilines is 1. The number of hydrogen-bond donors (Lipinski definition) is 1. The summed E-state index contributed by atoms with van der Waals surface area (Å²) in [4.78, 5) is 14.6. The smallest absolute Gasteiger partial charge is 0.411 e. The Morgan fingerprint density at radius 3 is 2.75 bits per heavy atom. The molecular weight excluding hydrogens is 309 g/mol. The van der Waals surface area contributed by atoms with Crippen molar-refractivity contribution < 1.29 is 14.3 Å². The third kappa shape index (κ3) is 4.48. The van der Waals surface area contributed by atoms with E-state index in [-0.39, 0.29) is 18.8 Å². The van der Waals surface area contributed by atoms with Crippen molar-refractivity contribution in [2.75, 3.05) is 24.5 Å². The minimum atomic E-state index is -1.06. The highest BCUT2D eigenvalue weighted by molar-refractivity contribution is 5.86. The van der Waals surface area contributed by atoms with Crippen molar-refractivity contribution in [2.45, 2.75) is 32.6 Å². The van der Waals surface area contributed by atoms with E-state index in [4.69, 9.17) is 5.26 Å². The first-order valence-corrected chi connectivity index (χ1v) is 8.14. The second-order valence-electron chi connectivity index (χ2n) is 5.76. The van der Waals surface area contributed by atoms with E-state index in [0.717, 1.165) is 30.5 Å². The third-order valence-electron chi connectivity index (χ3n) is 4.18. The first-order valence-electron chi connectivity index (χ1n) is 8.14. The molecule has 24 heavy (non-hydrogen) atoms. The van der Waals surface area contributed by atoms with Crippen LogP contribution >= 0.6 is 0 Å². The zero-order valence-corrected chi connectivity index (χ0v) is 13.8. The Balaban J connectivity index is 2.18. The van der Waals surface area contributed by atoms with Crippen LogP contribution in [0.4, 0.5) is 14.9 Å². The predicted molar refractivity (Wildman–Crippen MR) is 90.5 cm³/mol.